The zero-order chi connectivity index (χ0) is 16.8. The Morgan fingerprint density at radius 1 is 1.21 bits per heavy atom. The van der Waals surface area contributed by atoms with Gasteiger partial charge in [-0.05, 0) is 25.1 Å². The Morgan fingerprint density at radius 2 is 2.00 bits per heavy atom. The smallest absolute Gasteiger partial charge is 0.160 e. The van der Waals surface area contributed by atoms with Gasteiger partial charge in [0.25, 0.3) is 0 Å². The van der Waals surface area contributed by atoms with Gasteiger partial charge in [0.2, 0.25) is 0 Å². The molecule has 1 aliphatic heterocycles. The van der Waals surface area contributed by atoms with Crippen LogP contribution in [0.5, 0.6) is 0 Å². The summed E-state index contributed by atoms with van der Waals surface area (Å²) in [6.45, 7) is 5.73. The van der Waals surface area contributed by atoms with E-state index >= 15 is 0 Å². The normalized spacial score (nSPS) is 14.0. The van der Waals surface area contributed by atoms with Crippen LogP contribution in [-0.2, 0) is 0 Å². The van der Waals surface area contributed by atoms with Crippen LogP contribution >= 0.6 is 0 Å². The van der Waals surface area contributed by atoms with Crippen LogP contribution in [0.1, 0.15) is 16.9 Å². The van der Waals surface area contributed by atoms with E-state index in [4.69, 9.17) is 4.42 Å². The monoisotopic (exact) mass is 321 g/mol. The molecule has 0 saturated carbocycles. The lowest BCUT2D eigenvalue weighted by Gasteiger charge is -2.22. The lowest BCUT2D eigenvalue weighted by atomic mass is 9.92. The molecule has 0 amide bonds. The third-order valence-corrected chi connectivity index (χ3v) is 4.31. The van der Waals surface area contributed by atoms with Gasteiger partial charge in [-0.3, -0.25) is 0 Å². The fourth-order valence-corrected chi connectivity index (χ4v) is 3.15. The van der Waals surface area contributed by atoms with Gasteiger partial charge in [0, 0.05) is 27.8 Å². The van der Waals surface area contributed by atoms with Crippen molar-refractivity contribution in [3.63, 3.8) is 0 Å². The fraction of sp³-hybridized carbons (Fsp3) is 0.100. The number of benzene rings is 2. The number of aliphatic hydroxyl groups is 1. The standard InChI is InChI=1S/C20H16FNO2/c1-11-7-8-17-14(9-11)19-20(24-17)18(15(10-23)12(2)22-19)13-5-3-4-6-16(13)21/h3-9,22-23H,2,10H2,1H3. The lowest BCUT2D eigenvalue weighted by molar-refractivity contribution is 0.333. The molecular formula is C20H16FNO2. The maximum absolute atomic E-state index is 14.4. The highest BCUT2D eigenvalue weighted by Crippen LogP contribution is 2.45. The summed E-state index contributed by atoms with van der Waals surface area (Å²) >= 11 is 0. The van der Waals surface area contributed by atoms with Crippen molar-refractivity contribution in [3.8, 4) is 0 Å². The SMILES string of the molecule is C=C1Nc2c(oc3ccc(C)cc23)C(c2ccccc2F)=C1CO. The average molecular weight is 321 g/mol. The highest BCUT2D eigenvalue weighted by Gasteiger charge is 2.29. The minimum absolute atomic E-state index is 0.259. The first-order valence-electron chi connectivity index (χ1n) is 7.69. The van der Waals surface area contributed by atoms with E-state index in [1.54, 1.807) is 18.2 Å². The highest BCUT2D eigenvalue weighted by molar-refractivity contribution is 6.03. The Kier molecular flexibility index (Phi) is 3.28. The first-order chi connectivity index (χ1) is 11.6. The number of nitrogens with one attached hydrogen (secondary N) is 1. The molecule has 2 heterocycles. The third-order valence-electron chi connectivity index (χ3n) is 4.31. The van der Waals surface area contributed by atoms with Crippen molar-refractivity contribution in [1.29, 1.82) is 0 Å². The van der Waals surface area contributed by atoms with Gasteiger partial charge >= 0.3 is 0 Å². The van der Waals surface area contributed by atoms with E-state index in [1.165, 1.54) is 6.07 Å². The van der Waals surface area contributed by atoms with Gasteiger partial charge in [-0.1, -0.05) is 36.4 Å². The number of aliphatic hydroxyl groups excluding tert-OH is 1. The molecule has 1 aromatic heterocycles. The van der Waals surface area contributed by atoms with Crippen LogP contribution in [0, 0.1) is 12.7 Å². The summed E-state index contributed by atoms with van der Waals surface area (Å²) in [5, 5.41) is 13.9. The Morgan fingerprint density at radius 3 is 2.75 bits per heavy atom. The number of aryl methyl sites for hydroxylation is 1. The predicted molar refractivity (Wildman–Crippen MR) is 93.2 cm³/mol. The number of fused-ring (bicyclic) bond motifs is 3. The number of halogens is 1. The minimum atomic E-state index is -0.365. The molecule has 3 aromatic rings. The van der Waals surface area contributed by atoms with Gasteiger partial charge in [-0.25, -0.2) is 4.39 Å². The van der Waals surface area contributed by atoms with Gasteiger partial charge < -0.3 is 14.8 Å². The van der Waals surface area contributed by atoms with Gasteiger partial charge in [0.15, 0.2) is 5.76 Å². The summed E-state index contributed by atoms with van der Waals surface area (Å²) in [5.41, 5.74) is 4.58. The van der Waals surface area contributed by atoms with Crippen LogP contribution in [0.15, 0.2) is 64.7 Å². The Bertz CT molecular complexity index is 1010. The molecule has 120 valence electrons. The largest absolute Gasteiger partial charge is 0.454 e. The molecule has 1 aliphatic rings. The second-order valence-corrected chi connectivity index (χ2v) is 5.90. The summed E-state index contributed by atoms with van der Waals surface area (Å²) in [7, 11) is 0. The molecule has 4 heteroatoms. The van der Waals surface area contributed by atoms with Crippen molar-refractivity contribution < 1.29 is 13.9 Å². The van der Waals surface area contributed by atoms with Crippen LogP contribution in [0.4, 0.5) is 10.1 Å². The second kappa shape index (κ2) is 5.35. The van der Waals surface area contributed by atoms with Gasteiger partial charge in [-0.15, -0.1) is 0 Å². The molecule has 0 radical (unpaired) electrons. The van der Waals surface area contributed by atoms with Crippen molar-refractivity contribution in [2.75, 3.05) is 11.9 Å². The van der Waals surface area contributed by atoms with Crippen LogP contribution in [0.2, 0.25) is 0 Å². The van der Waals surface area contributed by atoms with Crippen molar-refractivity contribution in [1.82, 2.24) is 0 Å². The Labute approximate surface area is 138 Å². The summed E-state index contributed by atoms with van der Waals surface area (Å²) in [4.78, 5) is 0. The number of hydrogen-bond donors (Lipinski definition) is 2. The van der Waals surface area contributed by atoms with Crippen molar-refractivity contribution in [2.24, 2.45) is 0 Å². The van der Waals surface area contributed by atoms with Gasteiger partial charge in [0.1, 0.15) is 11.4 Å². The first kappa shape index (κ1) is 14.7. The molecule has 24 heavy (non-hydrogen) atoms. The maximum atomic E-state index is 14.4. The van der Waals surface area contributed by atoms with Crippen molar-refractivity contribution >= 4 is 22.2 Å². The predicted octanol–water partition coefficient (Wildman–Crippen LogP) is 4.61. The van der Waals surface area contributed by atoms with E-state index in [0.29, 0.717) is 33.7 Å². The van der Waals surface area contributed by atoms with E-state index in [-0.39, 0.29) is 12.4 Å². The molecule has 3 nitrogen and oxygen atoms in total. The van der Waals surface area contributed by atoms with E-state index in [0.717, 1.165) is 16.6 Å². The third kappa shape index (κ3) is 2.07. The minimum Gasteiger partial charge on any atom is -0.454 e. The van der Waals surface area contributed by atoms with E-state index in [9.17, 15) is 9.50 Å². The molecule has 0 spiro atoms. The van der Waals surface area contributed by atoms with Crippen molar-refractivity contribution in [3.05, 3.63) is 83.0 Å². The first-order valence-corrected chi connectivity index (χ1v) is 7.69. The molecule has 2 N–H and O–H groups in total. The van der Waals surface area contributed by atoms with Crippen LogP contribution in [0.3, 0.4) is 0 Å². The topological polar surface area (TPSA) is 45.4 Å². The maximum Gasteiger partial charge on any atom is 0.160 e. The van der Waals surface area contributed by atoms with Crippen molar-refractivity contribution in [2.45, 2.75) is 6.92 Å². The summed E-state index contributed by atoms with van der Waals surface area (Å²) in [5.74, 6) is 0.160. The summed E-state index contributed by atoms with van der Waals surface area (Å²) in [6, 6.07) is 12.3. The number of hydrogen-bond acceptors (Lipinski definition) is 3. The van der Waals surface area contributed by atoms with Crippen LogP contribution < -0.4 is 5.32 Å². The molecular weight excluding hydrogens is 305 g/mol. The van der Waals surface area contributed by atoms with E-state index < -0.39 is 0 Å². The van der Waals surface area contributed by atoms with Gasteiger partial charge in [0.05, 0.1) is 12.3 Å². The zero-order valence-electron chi connectivity index (χ0n) is 13.2. The molecule has 4 rings (SSSR count). The highest BCUT2D eigenvalue weighted by atomic mass is 19.1. The Balaban J connectivity index is 2.08. The molecule has 0 saturated heterocycles. The van der Waals surface area contributed by atoms with E-state index in [2.05, 4.69) is 11.9 Å². The summed E-state index contributed by atoms with van der Waals surface area (Å²) < 4.78 is 20.4. The van der Waals surface area contributed by atoms with Crippen LogP contribution in [-0.4, -0.2) is 11.7 Å². The molecule has 2 aromatic carbocycles. The Hall–Kier alpha value is -2.85. The molecule has 0 atom stereocenters. The number of rotatable bonds is 2. The zero-order valence-corrected chi connectivity index (χ0v) is 13.2. The molecule has 0 unspecified atom stereocenters. The second-order valence-electron chi connectivity index (χ2n) is 5.90. The summed E-state index contributed by atoms with van der Waals surface area (Å²) in [6.07, 6.45) is 0. The number of furan rings is 1. The fourth-order valence-electron chi connectivity index (χ4n) is 3.15. The number of anilines is 1. The van der Waals surface area contributed by atoms with Crippen LogP contribution in [0.25, 0.3) is 16.5 Å². The molecule has 0 aliphatic carbocycles. The quantitative estimate of drug-likeness (QED) is 0.724. The average Bonchev–Trinajstić information content (AvgIpc) is 2.92. The van der Waals surface area contributed by atoms with Gasteiger partial charge in [-0.2, -0.15) is 0 Å². The lowest BCUT2D eigenvalue weighted by Crippen LogP contribution is -2.14. The van der Waals surface area contributed by atoms with E-state index in [1.807, 2.05) is 25.1 Å². The molecule has 0 fully saturated rings. The molecule has 0 bridgehead atoms.